The zero-order chi connectivity index (χ0) is 18.1. The van der Waals surface area contributed by atoms with Crippen LogP contribution in [0.3, 0.4) is 0 Å². The number of ether oxygens (including phenoxy) is 2. The van der Waals surface area contributed by atoms with Gasteiger partial charge in [-0.05, 0) is 43.4 Å². The molecule has 4 rings (SSSR count). The van der Waals surface area contributed by atoms with Gasteiger partial charge in [0, 0.05) is 38.3 Å². The lowest BCUT2D eigenvalue weighted by Gasteiger charge is -2.29. The molecule has 2 atom stereocenters. The highest BCUT2D eigenvalue weighted by Crippen LogP contribution is 2.59. The molecule has 7 nitrogen and oxygen atoms in total. The van der Waals surface area contributed by atoms with Gasteiger partial charge in [-0.25, -0.2) is 0 Å². The Kier molecular flexibility index (Phi) is 5.01. The number of aromatic nitrogens is 2. The van der Waals surface area contributed by atoms with E-state index in [-0.39, 0.29) is 35.1 Å². The van der Waals surface area contributed by atoms with Crippen molar-refractivity contribution in [3.8, 4) is 0 Å². The molecule has 7 heteroatoms. The molecule has 0 bridgehead atoms. The molecule has 1 saturated carbocycles. The van der Waals surface area contributed by atoms with E-state index in [0.717, 1.165) is 45.3 Å². The highest BCUT2D eigenvalue weighted by molar-refractivity contribution is 5.83. The molecule has 2 saturated heterocycles. The van der Waals surface area contributed by atoms with Crippen LogP contribution in [0.25, 0.3) is 0 Å². The summed E-state index contributed by atoms with van der Waals surface area (Å²) in [7, 11) is 0. The largest absolute Gasteiger partial charge is 0.381 e. The first-order valence-corrected chi connectivity index (χ1v) is 9.88. The molecule has 26 heavy (non-hydrogen) atoms. The SMILES string of the molecule is CC(C)c1noc([C@H](NC(=O)[C@H]2CC23CCOCC3)C2CCOCC2)n1. The van der Waals surface area contributed by atoms with Gasteiger partial charge in [-0.1, -0.05) is 19.0 Å². The minimum absolute atomic E-state index is 0.0984. The molecule has 1 N–H and O–H groups in total. The third-order valence-corrected chi connectivity index (χ3v) is 6.27. The van der Waals surface area contributed by atoms with E-state index >= 15 is 0 Å². The maximum Gasteiger partial charge on any atom is 0.249 e. The number of hydrogen-bond acceptors (Lipinski definition) is 6. The van der Waals surface area contributed by atoms with Crippen molar-refractivity contribution >= 4 is 5.91 Å². The standard InChI is InChI=1S/C19H29N3O4/c1-12(2)16-21-18(26-22-16)15(13-3-7-24-8-4-13)20-17(23)14-11-19(14)5-9-25-10-6-19/h12-15H,3-11H2,1-2H3,(H,20,23)/t14-,15-/m1/s1. The van der Waals surface area contributed by atoms with Gasteiger partial charge in [0.2, 0.25) is 11.8 Å². The second kappa shape index (κ2) is 7.27. The average molecular weight is 363 g/mol. The first kappa shape index (κ1) is 17.9. The lowest BCUT2D eigenvalue weighted by atomic mass is 9.90. The van der Waals surface area contributed by atoms with Gasteiger partial charge in [0.15, 0.2) is 5.82 Å². The van der Waals surface area contributed by atoms with Crippen molar-refractivity contribution in [2.24, 2.45) is 17.3 Å². The first-order valence-electron chi connectivity index (χ1n) is 9.88. The second-order valence-electron chi connectivity index (χ2n) is 8.31. The molecule has 3 fully saturated rings. The summed E-state index contributed by atoms with van der Waals surface area (Å²) in [6.07, 6.45) is 4.75. The minimum Gasteiger partial charge on any atom is -0.381 e. The Hall–Kier alpha value is -1.47. The Balaban J connectivity index is 1.48. The molecule has 3 aliphatic rings. The molecule has 1 aromatic heterocycles. The van der Waals surface area contributed by atoms with Gasteiger partial charge in [-0.15, -0.1) is 0 Å². The van der Waals surface area contributed by atoms with Crippen LogP contribution in [-0.4, -0.2) is 42.5 Å². The van der Waals surface area contributed by atoms with Crippen LogP contribution in [0.15, 0.2) is 4.52 Å². The predicted octanol–water partition coefficient (Wildman–Crippen LogP) is 2.59. The van der Waals surface area contributed by atoms with E-state index < -0.39 is 0 Å². The number of carbonyl (C=O) groups excluding carboxylic acids is 1. The Morgan fingerprint density at radius 1 is 1.15 bits per heavy atom. The summed E-state index contributed by atoms with van der Waals surface area (Å²) in [5.74, 6) is 1.94. The van der Waals surface area contributed by atoms with Crippen molar-refractivity contribution in [2.45, 2.75) is 57.9 Å². The summed E-state index contributed by atoms with van der Waals surface area (Å²) < 4.78 is 16.5. The van der Waals surface area contributed by atoms with Crippen LogP contribution in [0.4, 0.5) is 0 Å². The van der Waals surface area contributed by atoms with E-state index in [1.165, 1.54) is 0 Å². The van der Waals surface area contributed by atoms with E-state index in [2.05, 4.69) is 15.5 Å². The van der Waals surface area contributed by atoms with Crippen molar-refractivity contribution < 1.29 is 18.8 Å². The molecular formula is C19H29N3O4. The van der Waals surface area contributed by atoms with Crippen LogP contribution in [0.1, 0.15) is 69.6 Å². The summed E-state index contributed by atoms with van der Waals surface area (Å²) in [5, 5.41) is 7.35. The molecule has 1 aromatic rings. The Bertz CT molecular complexity index is 632. The monoisotopic (exact) mass is 363 g/mol. The van der Waals surface area contributed by atoms with Crippen molar-refractivity contribution in [3.05, 3.63) is 11.7 Å². The van der Waals surface area contributed by atoms with E-state index in [4.69, 9.17) is 14.0 Å². The number of nitrogens with zero attached hydrogens (tertiary/aromatic N) is 2. The molecular weight excluding hydrogens is 334 g/mol. The summed E-state index contributed by atoms with van der Waals surface area (Å²) in [6.45, 7) is 7.05. The van der Waals surface area contributed by atoms with E-state index in [9.17, 15) is 4.79 Å². The zero-order valence-corrected chi connectivity index (χ0v) is 15.7. The molecule has 2 aliphatic heterocycles. The lowest BCUT2D eigenvalue weighted by molar-refractivity contribution is -0.125. The van der Waals surface area contributed by atoms with E-state index in [1.54, 1.807) is 0 Å². The van der Waals surface area contributed by atoms with Crippen LogP contribution >= 0.6 is 0 Å². The number of hydrogen-bond donors (Lipinski definition) is 1. The van der Waals surface area contributed by atoms with Crippen molar-refractivity contribution in [1.82, 2.24) is 15.5 Å². The fourth-order valence-corrected chi connectivity index (χ4v) is 4.34. The average Bonchev–Trinajstić information content (AvgIpc) is 3.12. The predicted molar refractivity (Wildman–Crippen MR) is 93.4 cm³/mol. The maximum absolute atomic E-state index is 13.0. The molecule has 0 radical (unpaired) electrons. The minimum atomic E-state index is -0.219. The topological polar surface area (TPSA) is 86.5 Å². The fraction of sp³-hybridized carbons (Fsp3) is 0.842. The number of carbonyl (C=O) groups is 1. The first-order chi connectivity index (χ1) is 12.6. The van der Waals surface area contributed by atoms with Crippen LogP contribution in [-0.2, 0) is 14.3 Å². The Morgan fingerprint density at radius 2 is 1.85 bits per heavy atom. The van der Waals surface area contributed by atoms with Gasteiger partial charge >= 0.3 is 0 Å². The van der Waals surface area contributed by atoms with Gasteiger partial charge in [-0.3, -0.25) is 4.79 Å². The molecule has 0 unspecified atom stereocenters. The quantitative estimate of drug-likeness (QED) is 0.865. The normalized spacial score (nSPS) is 26.8. The van der Waals surface area contributed by atoms with Gasteiger partial charge in [0.05, 0.1) is 0 Å². The molecule has 1 aliphatic carbocycles. The Labute approximate surface area is 154 Å². The third-order valence-electron chi connectivity index (χ3n) is 6.27. The molecule has 1 amide bonds. The Morgan fingerprint density at radius 3 is 2.50 bits per heavy atom. The fourth-order valence-electron chi connectivity index (χ4n) is 4.34. The maximum atomic E-state index is 13.0. The van der Waals surface area contributed by atoms with E-state index in [0.29, 0.717) is 24.9 Å². The van der Waals surface area contributed by atoms with Gasteiger partial charge < -0.3 is 19.3 Å². The van der Waals surface area contributed by atoms with Crippen molar-refractivity contribution in [2.75, 3.05) is 26.4 Å². The van der Waals surface area contributed by atoms with Gasteiger partial charge in [0.1, 0.15) is 6.04 Å². The molecule has 3 heterocycles. The van der Waals surface area contributed by atoms with Crippen LogP contribution in [0, 0.1) is 17.3 Å². The third kappa shape index (κ3) is 3.51. The highest BCUT2D eigenvalue weighted by atomic mass is 16.5. The van der Waals surface area contributed by atoms with Crippen LogP contribution < -0.4 is 5.32 Å². The summed E-state index contributed by atoms with van der Waals surface area (Å²) in [5.41, 5.74) is 0.167. The van der Waals surface area contributed by atoms with Crippen LogP contribution in [0.5, 0.6) is 0 Å². The van der Waals surface area contributed by atoms with E-state index in [1.807, 2.05) is 13.8 Å². The number of nitrogens with one attached hydrogen (secondary N) is 1. The van der Waals surface area contributed by atoms with Crippen molar-refractivity contribution in [3.63, 3.8) is 0 Å². The lowest BCUT2D eigenvalue weighted by Crippen LogP contribution is -2.38. The van der Waals surface area contributed by atoms with Crippen molar-refractivity contribution in [1.29, 1.82) is 0 Å². The summed E-state index contributed by atoms with van der Waals surface area (Å²) in [4.78, 5) is 17.5. The second-order valence-corrected chi connectivity index (χ2v) is 8.31. The summed E-state index contributed by atoms with van der Waals surface area (Å²) in [6, 6.07) is -0.219. The zero-order valence-electron chi connectivity index (χ0n) is 15.7. The number of rotatable bonds is 5. The molecule has 0 aromatic carbocycles. The smallest absolute Gasteiger partial charge is 0.249 e. The summed E-state index contributed by atoms with van der Waals surface area (Å²) >= 11 is 0. The number of amides is 1. The molecule has 144 valence electrons. The van der Waals surface area contributed by atoms with Gasteiger partial charge in [-0.2, -0.15) is 4.98 Å². The van der Waals surface area contributed by atoms with Gasteiger partial charge in [0.25, 0.3) is 0 Å². The van der Waals surface area contributed by atoms with Crippen LogP contribution in [0.2, 0.25) is 0 Å². The highest BCUT2D eigenvalue weighted by Gasteiger charge is 2.58. The molecule has 1 spiro atoms.